The molecule has 2 amide bonds. The molecule has 0 unspecified atom stereocenters. The van der Waals surface area contributed by atoms with Gasteiger partial charge in [0.15, 0.2) is 10.8 Å². The summed E-state index contributed by atoms with van der Waals surface area (Å²) in [5, 5.41) is 4.62. The lowest BCUT2D eigenvalue weighted by molar-refractivity contribution is -0.128. The number of fused-ring (bicyclic) bond motifs is 1. The molecule has 0 spiro atoms. The standard InChI is InChI=1S/C21H17N3O3S/c25-19(11-15-7-3-6-14-5-1-2-8-17(14)15)23-24-20(26)12-16-13-28-21(22-16)18-9-4-10-27-18/h1-10,13H,11-12H2,(H,23,25)(H,24,26). The van der Waals surface area contributed by atoms with Gasteiger partial charge in [-0.05, 0) is 28.5 Å². The molecule has 0 aliphatic carbocycles. The van der Waals surface area contributed by atoms with Crippen molar-refractivity contribution in [3.63, 3.8) is 0 Å². The van der Waals surface area contributed by atoms with Crippen molar-refractivity contribution in [2.75, 3.05) is 0 Å². The van der Waals surface area contributed by atoms with E-state index in [1.54, 1.807) is 17.7 Å². The molecule has 140 valence electrons. The van der Waals surface area contributed by atoms with Gasteiger partial charge in [-0.15, -0.1) is 11.3 Å². The lowest BCUT2D eigenvalue weighted by Crippen LogP contribution is -2.43. The Morgan fingerprint density at radius 3 is 2.54 bits per heavy atom. The minimum absolute atomic E-state index is 0.0752. The van der Waals surface area contributed by atoms with E-state index in [0.29, 0.717) is 16.5 Å². The minimum Gasteiger partial charge on any atom is -0.462 e. The SMILES string of the molecule is O=C(Cc1csc(-c2ccco2)n1)NNC(=O)Cc1cccc2ccccc12. The largest absolute Gasteiger partial charge is 0.462 e. The Bertz CT molecular complexity index is 1110. The first kappa shape index (κ1) is 17.9. The monoisotopic (exact) mass is 391 g/mol. The number of nitrogens with zero attached hydrogens (tertiary/aromatic N) is 1. The van der Waals surface area contributed by atoms with Crippen LogP contribution in [0.4, 0.5) is 0 Å². The molecular formula is C21H17N3O3S. The van der Waals surface area contributed by atoms with Crippen molar-refractivity contribution in [1.82, 2.24) is 15.8 Å². The molecule has 2 N–H and O–H groups in total. The van der Waals surface area contributed by atoms with Crippen LogP contribution in [0.5, 0.6) is 0 Å². The molecule has 2 aromatic heterocycles. The number of hydrazine groups is 1. The Kier molecular flexibility index (Phi) is 5.16. The minimum atomic E-state index is -0.331. The summed E-state index contributed by atoms with van der Waals surface area (Å²) in [6.07, 6.45) is 1.83. The number of aromatic nitrogens is 1. The topological polar surface area (TPSA) is 84.2 Å². The van der Waals surface area contributed by atoms with E-state index in [1.807, 2.05) is 48.5 Å². The number of furan rings is 1. The highest BCUT2D eigenvalue weighted by Crippen LogP contribution is 2.24. The third-order valence-corrected chi connectivity index (χ3v) is 5.10. The lowest BCUT2D eigenvalue weighted by atomic mass is 10.0. The van der Waals surface area contributed by atoms with Crippen LogP contribution in [0.15, 0.2) is 70.7 Å². The summed E-state index contributed by atoms with van der Waals surface area (Å²) in [6.45, 7) is 0. The number of thiazole rings is 1. The molecule has 4 rings (SSSR count). The molecule has 0 radical (unpaired) electrons. The summed E-state index contributed by atoms with van der Waals surface area (Å²) in [6, 6.07) is 17.3. The molecule has 28 heavy (non-hydrogen) atoms. The quantitative estimate of drug-likeness (QED) is 0.510. The molecular weight excluding hydrogens is 374 g/mol. The molecule has 7 heteroatoms. The van der Waals surface area contributed by atoms with Crippen molar-refractivity contribution >= 4 is 33.9 Å². The van der Waals surface area contributed by atoms with Gasteiger partial charge in [-0.3, -0.25) is 20.4 Å². The lowest BCUT2D eigenvalue weighted by Gasteiger charge is -2.08. The third kappa shape index (κ3) is 4.10. The maximum atomic E-state index is 12.2. The fourth-order valence-electron chi connectivity index (χ4n) is 2.91. The van der Waals surface area contributed by atoms with E-state index in [1.165, 1.54) is 11.3 Å². The first-order valence-corrected chi connectivity index (χ1v) is 9.59. The van der Waals surface area contributed by atoms with Gasteiger partial charge in [-0.25, -0.2) is 4.98 Å². The fourth-order valence-corrected chi connectivity index (χ4v) is 3.70. The number of nitrogens with one attached hydrogen (secondary N) is 2. The Hall–Kier alpha value is -3.45. The van der Waals surface area contributed by atoms with Gasteiger partial charge in [0.05, 0.1) is 24.8 Å². The smallest absolute Gasteiger partial charge is 0.244 e. The van der Waals surface area contributed by atoms with E-state index in [0.717, 1.165) is 16.3 Å². The summed E-state index contributed by atoms with van der Waals surface area (Å²) < 4.78 is 5.29. The number of benzene rings is 2. The Morgan fingerprint density at radius 1 is 0.929 bits per heavy atom. The first-order valence-electron chi connectivity index (χ1n) is 8.71. The van der Waals surface area contributed by atoms with E-state index in [2.05, 4.69) is 15.8 Å². The van der Waals surface area contributed by atoms with Crippen LogP contribution in [-0.4, -0.2) is 16.8 Å². The number of carbonyl (C=O) groups is 2. The second-order valence-corrected chi connectivity index (χ2v) is 7.07. The van der Waals surface area contributed by atoms with Gasteiger partial charge >= 0.3 is 0 Å². The van der Waals surface area contributed by atoms with Gasteiger partial charge in [0.2, 0.25) is 11.8 Å². The van der Waals surface area contributed by atoms with Crippen molar-refractivity contribution in [3.05, 3.63) is 77.5 Å². The summed E-state index contributed by atoms with van der Waals surface area (Å²) in [5.41, 5.74) is 6.45. The van der Waals surface area contributed by atoms with Gasteiger partial charge in [-0.1, -0.05) is 42.5 Å². The first-order chi connectivity index (χ1) is 13.7. The van der Waals surface area contributed by atoms with Crippen molar-refractivity contribution in [3.8, 4) is 10.8 Å². The van der Waals surface area contributed by atoms with Gasteiger partial charge in [0.25, 0.3) is 0 Å². The zero-order valence-electron chi connectivity index (χ0n) is 14.8. The van der Waals surface area contributed by atoms with Crippen LogP contribution in [-0.2, 0) is 22.4 Å². The molecule has 0 saturated carbocycles. The van der Waals surface area contributed by atoms with Gasteiger partial charge in [-0.2, -0.15) is 0 Å². The predicted octanol–water partition coefficient (Wildman–Crippen LogP) is 3.49. The molecule has 0 saturated heterocycles. The number of amides is 2. The van der Waals surface area contributed by atoms with Crippen molar-refractivity contribution in [1.29, 1.82) is 0 Å². The fraction of sp³-hybridized carbons (Fsp3) is 0.0952. The molecule has 0 aliphatic heterocycles. The Balaban J connectivity index is 1.31. The van der Waals surface area contributed by atoms with Crippen molar-refractivity contribution in [2.24, 2.45) is 0 Å². The molecule has 0 fully saturated rings. The summed E-state index contributed by atoms with van der Waals surface area (Å²) in [7, 11) is 0. The summed E-state index contributed by atoms with van der Waals surface area (Å²) in [5.74, 6) is 0.0573. The normalized spacial score (nSPS) is 10.7. The number of carbonyl (C=O) groups excluding carboxylic acids is 2. The third-order valence-electron chi connectivity index (χ3n) is 4.20. The predicted molar refractivity (Wildman–Crippen MR) is 107 cm³/mol. The van der Waals surface area contributed by atoms with E-state index in [9.17, 15) is 9.59 Å². The molecule has 0 bridgehead atoms. The Labute approximate surface area is 165 Å². The van der Waals surface area contributed by atoms with E-state index < -0.39 is 0 Å². The van der Waals surface area contributed by atoms with Gasteiger partial charge < -0.3 is 4.42 Å². The second kappa shape index (κ2) is 8.06. The molecule has 2 heterocycles. The van der Waals surface area contributed by atoms with Crippen LogP contribution in [0.2, 0.25) is 0 Å². The average molecular weight is 391 g/mol. The summed E-state index contributed by atoms with van der Waals surface area (Å²) in [4.78, 5) is 28.7. The van der Waals surface area contributed by atoms with Crippen LogP contribution in [0.1, 0.15) is 11.3 Å². The van der Waals surface area contributed by atoms with Crippen LogP contribution in [0, 0.1) is 0 Å². The highest BCUT2D eigenvalue weighted by molar-refractivity contribution is 7.13. The van der Waals surface area contributed by atoms with E-state index in [4.69, 9.17) is 4.42 Å². The Morgan fingerprint density at radius 2 is 1.71 bits per heavy atom. The number of rotatable bonds is 5. The van der Waals surface area contributed by atoms with Crippen LogP contribution in [0.3, 0.4) is 0 Å². The van der Waals surface area contributed by atoms with Crippen LogP contribution in [0.25, 0.3) is 21.5 Å². The second-order valence-electron chi connectivity index (χ2n) is 6.21. The van der Waals surface area contributed by atoms with E-state index >= 15 is 0 Å². The molecule has 0 aliphatic rings. The number of hydrogen-bond acceptors (Lipinski definition) is 5. The maximum Gasteiger partial charge on any atom is 0.244 e. The zero-order chi connectivity index (χ0) is 19.3. The van der Waals surface area contributed by atoms with E-state index in [-0.39, 0.29) is 24.7 Å². The average Bonchev–Trinajstić information content (AvgIpc) is 3.38. The highest BCUT2D eigenvalue weighted by Gasteiger charge is 2.12. The van der Waals surface area contributed by atoms with Crippen LogP contribution < -0.4 is 10.9 Å². The molecule has 0 atom stereocenters. The highest BCUT2D eigenvalue weighted by atomic mass is 32.1. The van der Waals surface area contributed by atoms with Crippen LogP contribution >= 0.6 is 11.3 Å². The van der Waals surface area contributed by atoms with Gasteiger partial charge in [0, 0.05) is 5.38 Å². The zero-order valence-corrected chi connectivity index (χ0v) is 15.7. The van der Waals surface area contributed by atoms with Crippen molar-refractivity contribution in [2.45, 2.75) is 12.8 Å². The summed E-state index contributed by atoms with van der Waals surface area (Å²) >= 11 is 1.40. The molecule has 6 nitrogen and oxygen atoms in total. The molecule has 4 aromatic rings. The van der Waals surface area contributed by atoms with Crippen molar-refractivity contribution < 1.29 is 14.0 Å². The van der Waals surface area contributed by atoms with Gasteiger partial charge in [0.1, 0.15) is 0 Å². The maximum absolute atomic E-state index is 12.2. The number of hydrogen-bond donors (Lipinski definition) is 2. The molecule has 2 aromatic carbocycles.